The van der Waals surface area contributed by atoms with Crippen molar-refractivity contribution < 1.29 is 0 Å². The highest BCUT2D eigenvalue weighted by atomic mass is 15.2. The van der Waals surface area contributed by atoms with Crippen LogP contribution in [-0.2, 0) is 6.42 Å². The van der Waals surface area contributed by atoms with Gasteiger partial charge in [-0.3, -0.25) is 9.89 Å². The van der Waals surface area contributed by atoms with Gasteiger partial charge in [0.2, 0.25) is 0 Å². The average Bonchev–Trinajstić information content (AvgIpc) is 3.24. The van der Waals surface area contributed by atoms with Crippen molar-refractivity contribution in [1.29, 1.82) is 0 Å². The molecule has 0 radical (unpaired) electrons. The van der Waals surface area contributed by atoms with E-state index in [-0.39, 0.29) is 0 Å². The Bertz CT molecular complexity index is 720. The molecule has 0 amide bonds. The van der Waals surface area contributed by atoms with Crippen LogP contribution in [0.3, 0.4) is 0 Å². The van der Waals surface area contributed by atoms with Gasteiger partial charge in [0.1, 0.15) is 5.65 Å². The van der Waals surface area contributed by atoms with E-state index in [0.717, 1.165) is 43.4 Å². The summed E-state index contributed by atoms with van der Waals surface area (Å²) in [7, 11) is 1.83. The molecule has 3 heterocycles. The zero-order chi connectivity index (χ0) is 17.6. The first-order chi connectivity index (χ1) is 12.2. The van der Waals surface area contributed by atoms with Gasteiger partial charge in [-0.25, -0.2) is 4.98 Å². The van der Waals surface area contributed by atoms with E-state index in [4.69, 9.17) is 4.98 Å². The third-order valence-electron chi connectivity index (χ3n) is 5.04. The highest BCUT2D eigenvalue weighted by molar-refractivity contribution is 5.79. The lowest BCUT2D eigenvalue weighted by Gasteiger charge is -2.23. The van der Waals surface area contributed by atoms with Crippen molar-refractivity contribution in [2.75, 3.05) is 33.2 Å². The lowest BCUT2D eigenvalue weighted by Crippen LogP contribution is -2.45. The molecule has 1 aliphatic rings. The van der Waals surface area contributed by atoms with Gasteiger partial charge in [-0.05, 0) is 44.5 Å². The summed E-state index contributed by atoms with van der Waals surface area (Å²) in [6.45, 7) is 8.47. The second-order valence-corrected chi connectivity index (χ2v) is 6.71. The largest absolute Gasteiger partial charge is 0.356 e. The first-order valence-electron chi connectivity index (χ1n) is 9.33. The number of aliphatic imine (C=N–C) groups is 1. The van der Waals surface area contributed by atoms with Crippen molar-refractivity contribution >= 4 is 11.6 Å². The van der Waals surface area contributed by atoms with Crippen LogP contribution in [0.1, 0.15) is 31.0 Å². The molecule has 136 valence electrons. The van der Waals surface area contributed by atoms with Crippen molar-refractivity contribution in [3.8, 4) is 0 Å². The molecule has 1 saturated heterocycles. The Balaban J connectivity index is 1.47. The van der Waals surface area contributed by atoms with Crippen molar-refractivity contribution in [3.63, 3.8) is 0 Å². The molecular weight excluding hydrogens is 312 g/mol. The Morgan fingerprint density at radius 1 is 1.40 bits per heavy atom. The number of hydrogen-bond donors (Lipinski definition) is 2. The Morgan fingerprint density at radius 2 is 2.28 bits per heavy atom. The molecule has 1 aliphatic heterocycles. The quantitative estimate of drug-likeness (QED) is 0.621. The SMILES string of the molecule is CCN1CCCC1CNC(=NC)NCCc1cn2cccc(C)c2n1. The maximum absolute atomic E-state index is 4.72. The van der Waals surface area contributed by atoms with E-state index in [1.807, 2.05) is 13.2 Å². The molecule has 25 heavy (non-hydrogen) atoms. The van der Waals surface area contributed by atoms with Crippen LogP contribution in [0.15, 0.2) is 29.5 Å². The molecule has 0 spiro atoms. The van der Waals surface area contributed by atoms with Gasteiger partial charge < -0.3 is 15.0 Å². The van der Waals surface area contributed by atoms with E-state index in [0.29, 0.717) is 6.04 Å². The molecule has 0 saturated carbocycles. The number of hydrogen-bond acceptors (Lipinski definition) is 3. The molecule has 0 aliphatic carbocycles. The smallest absolute Gasteiger partial charge is 0.191 e. The second kappa shape index (κ2) is 8.34. The van der Waals surface area contributed by atoms with Crippen molar-refractivity contribution in [2.24, 2.45) is 4.99 Å². The lowest BCUT2D eigenvalue weighted by atomic mass is 10.2. The van der Waals surface area contributed by atoms with Crippen LogP contribution < -0.4 is 10.6 Å². The van der Waals surface area contributed by atoms with Gasteiger partial charge in [0, 0.05) is 45.0 Å². The maximum atomic E-state index is 4.72. The zero-order valence-electron chi connectivity index (χ0n) is 15.6. The Kier molecular flexibility index (Phi) is 5.91. The first kappa shape index (κ1) is 17.7. The molecule has 6 nitrogen and oxygen atoms in total. The number of aryl methyl sites for hydroxylation is 1. The number of aromatic nitrogens is 2. The standard InChI is InChI=1S/C19H30N6/c1-4-24-11-6-8-17(24)13-22-19(20-3)21-10-9-16-14-25-12-5-7-15(2)18(25)23-16/h5,7,12,14,17H,4,6,8-11,13H2,1-3H3,(H2,20,21,22). The number of likely N-dealkylation sites (N-methyl/N-ethyl adjacent to an activating group) is 1. The predicted octanol–water partition coefficient (Wildman–Crippen LogP) is 1.83. The fourth-order valence-corrected chi connectivity index (χ4v) is 3.61. The van der Waals surface area contributed by atoms with Crippen LogP contribution >= 0.6 is 0 Å². The minimum absolute atomic E-state index is 0.630. The monoisotopic (exact) mass is 342 g/mol. The number of guanidine groups is 1. The highest BCUT2D eigenvalue weighted by Crippen LogP contribution is 2.15. The molecule has 1 atom stereocenters. The number of fused-ring (bicyclic) bond motifs is 1. The van der Waals surface area contributed by atoms with Crippen molar-refractivity contribution in [3.05, 3.63) is 35.8 Å². The summed E-state index contributed by atoms with van der Waals surface area (Å²) in [6, 6.07) is 4.78. The summed E-state index contributed by atoms with van der Waals surface area (Å²) >= 11 is 0. The minimum atomic E-state index is 0.630. The molecule has 1 fully saturated rings. The van der Waals surface area contributed by atoms with Crippen LogP contribution in [0.25, 0.3) is 5.65 Å². The van der Waals surface area contributed by atoms with Crippen molar-refractivity contribution in [1.82, 2.24) is 24.9 Å². The average molecular weight is 342 g/mol. The van der Waals surface area contributed by atoms with Crippen LogP contribution in [0, 0.1) is 6.92 Å². The van der Waals surface area contributed by atoms with Crippen LogP contribution in [0.5, 0.6) is 0 Å². The van der Waals surface area contributed by atoms with Gasteiger partial charge in [-0.15, -0.1) is 0 Å². The summed E-state index contributed by atoms with van der Waals surface area (Å²) in [5.74, 6) is 0.878. The number of nitrogens with zero attached hydrogens (tertiary/aromatic N) is 4. The molecular formula is C19H30N6. The van der Waals surface area contributed by atoms with E-state index in [2.05, 4.69) is 57.1 Å². The van der Waals surface area contributed by atoms with Gasteiger partial charge >= 0.3 is 0 Å². The summed E-state index contributed by atoms with van der Waals surface area (Å²) in [4.78, 5) is 11.6. The van der Waals surface area contributed by atoms with Gasteiger partial charge in [-0.2, -0.15) is 0 Å². The van der Waals surface area contributed by atoms with Crippen LogP contribution in [0.2, 0.25) is 0 Å². The fourth-order valence-electron chi connectivity index (χ4n) is 3.61. The topological polar surface area (TPSA) is 57.0 Å². The Labute approximate surface area is 150 Å². The lowest BCUT2D eigenvalue weighted by molar-refractivity contribution is 0.267. The predicted molar refractivity (Wildman–Crippen MR) is 103 cm³/mol. The minimum Gasteiger partial charge on any atom is -0.356 e. The number of imidazole rings is 1. The summed E-state index contributed by atoms with van der Waals surface area (Å²) in [5.41, 5.74) is 3.35. The molecule has 1 unspecified atom stereocenters. The van der Waals surface area contributed by atoms with Gasteiger partial charge in [0.05, 0.1) is 5.69 Å². The third-order valence-corrected chi connectivity index (χ3v) is 5.04. The van der Waals surface area contributed by atoms with Crippen LogP contribution in [-0.4, -0.2) is 59.5 Å². The summed E-state index contributed by atoms with van der Waals surface area (Å²) in [5, 5.41) is 6.87. The second-order valence-electron chi connectivity index (χ2n) is 6.71. The molecule has 2 N–H and O–H groups in total. The molecule has 3 rings (SSSR count). The molecule has 6 heteroatoms. The molecule has 0 bridgehead atoms. The van der Waals surface area contributed by atoms with E-state index >= 15 is 0 Å². The number of nitrogens with one attached hydrogen (secondary N) is 2. The first-order valence-corrected chi connectivity index (χ1v) is 9.33. The van der Waals surface area contributed by atoms with E-state index < -0.39 is 0 Å². The summed E-state index contributed by atoms with van der Waals surface area (Å²) < 4.78 is 2.09. The van der Waals surface area contributed by atoms with Crippen LogP contribution in [0.4, 0.5) is 0 Å². The Morgan fingerprint density at radius 3 is 3.04 bits per heavy atom. The van der Waals surface area contributed by atoms with Gasteiger partial charge in [0.25, 0.3) is 0 Å². The molecule has 0 aromatic carbocycles. The van der Waals surface area contributed by atoms with Gasteiger partial charge in [-0.1, -0.05) is 13.0 Å². The third kappa shape index (κ3) is 4.31. The number of likely N-dealkylation sites (tertiary alicyclic amines) is 1. The molecule has 2 aromatic rings. The normalized spacial score (nSPS) is 18.8. The number of rotatable bonds is 6. The van der Waals surface area contributed by atoms with Gasteiger partial charge in [0.15, 0.2) is 5.96 Å². The summed E-state index contributed by atoms with van der Waals surface area (Å²) in [6.07, 6.45) is 7.62. The van der Waals surface area contributed by atoms with E-state index in [1.165, 1.54) is 24.9 Å². The number of pyridine rings is 1. The Hall–Kier alpha value is -2.08. The zero-order valence-corrected chi connectivity index (χ0v) is 15.6. The van der Waals surface area contributed by atoms with E-state index in [9.17, 15) is 0 Å². The molecule has 2 aromatic heterocycles. The van der Waals surface area contributed by atoms with E-state index in [1.54, 1.807) is 0 Å². The fraction of sp³-hybridized carbons (Fsp3) is 0.579. The van der Waals surface area contributed by atoms with Crippen molar-refractivity contribution in [2.45, 2.75) is 39.2 Å². The maximum Gasteiger partial charge on any atom is 0.191 e. The highest BCUT2D eigenvalue weighted by Gasteiger charge is 2.22.